The van der Waals surface area contributed by atoms with Crippen LogP contribution in [0, 0.1) is 5.92 Å². The van der Waals surface area contributed by atoms with Gasteiger partial charge in [0.05, 0.1) is 6.61 Å². The van der Waals surface area contributed by atoms with Crippen LogP contribution in [-0.2, 0) is 6.42 Å². The third-order valence-corrected chi connectivity index (χ3v) is 5.04. The van der Waals surface area contributed by atoms with E-state index < -0.39 is 0 Å². The summed E-state index contributed by atoms with van der Waals surface area (Å²) >= 11 is 0. The Kier molecular flexibility index (Phi) is 8.92. The molecule has 1 aliphatic rings. The number of benzene rings is 1. The van der Waals surface area contributed by atoms with Crippen LogP contribution in [0.2, 0.25) is 0 Å². The first-order valence-corrected chi connectivity index (χ1v) is 10.4. The molecular weight excluding hydrogens is 336 g/mol. The van der Waals surface area contributed by atoms with Crippen molar-refractivity contribution in [3.63, 3.8) is 0 Å². The van der Waals surface area contributed by atoms with E-state index in [1.54, 1.807) is 0 Å². The second-order valence-electron chi connectivity index (χ2n) is 8.15. The Balaban J connectivity index is 1.69. The maximum atomic E-state index is 5.74. The van der Waals surface area contributed by atoms with Crippen molar-refractivity contribution in [3.05, 3.63) is 29.8 Å². The number of hydrogen-bond donors (Lipinski definition) is 2. The molecule has 1 aromatic carbocycles. The Morgan fingerprint density at radius 1 is 1.15 bits per heavy atom. The first-order valence-electron chi connectivity index (χ1n) is 10.4. The summed E-state index contributed by atoms with van der Waals surface area (Å²) in [4.78, 5) is 6.93. The van der Waals surface area contributed by atoms with Gasteiger partial charge in [0.25, 0.3) is 0 Å². The minimum absolute atomic E-state index is 0.517. The molecule has 0 aliphatic carbocycles. The normalized spacial score (nSPS) is 16.8. The fourth-order valence-electron chi connectivity index (χ4n) is 3.29. The van der Waals surface area contributed by atoms with Gasteiger partial charge >= 0.3 is 0 Å². The van der Waals surface area contributed by atoms with Gasteiger partial charge in [0.15, 0.2) is 5.96 Å². The van der Waals surface area contributed by atoms with Crippen LogP contribution >= 0.6 is 0 Å². The van der Waals surface area contributed by atoms with Gasteiger partial charge in [-0.25, -0.2) is 0 Å². The second-order valence-corrected chi connectivity index (χ2v) is 8.15. The number of nitrogens with one attached hydrogen (secondary N) is 2. The molecule has 1 aromatic rings. The van der Waals surface area contributed by atoms with Crippen molar-refractivity contribution in [3.8, 4) is 5.75 Å². The van der Waals surface area contributed by atoms with Crippen LogP contribution in [0.3, 0.4) is 0 Å². The zero-order valence-corrected chi connectivity index (χ0v) is 17.8. The Bertz CT molecular complexity index is 560. The molecule has 1 aliphatic heterocycles. The summed E-state index contributed by atoms with van der Waals surface area (Å²) in [6.07, 6.45) is 3.32. The number of guanidine groups is 1. The molecule has 0 unspecified atom stereocenters. The molecule has 1 saturated heterocycles. The standard InChI is InChI=1S/C22H38N4O/c1-17(2)16-27-21-8-6-19(7-9-21)10-13-24-22(23-5)25-20-11-14-26(15-12-20)18(3)4/h6-9,17-18,20H,10-16H2,1-5H3,(H2,23,24,25). The van der Waals surface area contributed by atoms with Gasteiger partial charge in [-0.3, -0.25) is 4.99 Å². The van der Waals surface area contributed by atoms with Crippen molar-refractivity contribution < 1.29 is 4.74 Å². The van der Waals surface area contributed by atoms with Gasteiger partial charge in [-0.2, -0.15) is 0 Å². The fraction of sp³-hybridized carbons (Fsp3) is 0.682. The lowest BCUT2D eigenvalue weighted by Crippen LogP contribution is -2.50. The molecular formula is C22H38N4O. The fourth-order valence-corrected chi connectivity index (χ4v) is 3.29. The summed E-state index contributed by atoms with van der Waals surface area (Å²) in [5.74, 6) is 2.41. The molecule has 0 saturated carbocycles. The molecule has 0 atom stereocenters. The summed E-state index contributed by atoms with van der Waals surface area (Å²) in [5, 5.41) is 7.03. The first-order chi connectivity index (χ1) is 13.0. The lowest BCUT2D eigenvalue weighted by molar-refractivity contribution is 0.167. The van der Waals surface area contributed by atoms with Crippen molar-refractivity contribution >= 4 is 5.96 Å². The Morgan fingerprint density at radius 3 is 2.37 bits per heavy atom. The zero-order chi connectivity index (χ0) is 19.6. The molecule has 0 bridgehead atoms. The van der Waals surface area contributed by atoms with Gasteiger partial charge in [-0.15, -0.1) is 0 Å². The third-order valence-electron chi connectivity index (χ3n) is 5.04. The Hall–Kier alpha value is -1.75. The molecule has 1 heterocycles. The quantitative estimate of drug-likeness (QED) is 0.541. The van der Waals surface area contributed by atoms with Crippen molar-refractivity contribution in [2.24, 2.45) is 10.9 Å². The minimum atomic E-state index is 0.517. The van der Waals surface area contributed by atoms with Crippen molar-refractivity contribution in [2.75, 3.05) is 33.3 Å². The van der Waals surface area contributed by atoms with E-state index in [0.717, 1.165) is 44.4 Å². The van der Waals surface area contributed by atoms with Crippen molar-refractivity contribution in [1.82, 2.24) is 15.5 Å². The number of hydrogen-bond acceptors (Lipinski definition) is 3. The van der Waals surface area contributed by atoms with Crippen LogP contribution in [0.4, 0.5) is 0 Å². The monoisotopic (exact) mass is 374 g/mol. The number of piperidine rings is 1. The SMILES string of the molecule is CN=C(NCCc1ccc(OCC(C)C)cc1)NC1CCN(C(C)C)CC1. The molecule has 1 fully saturated rings. The average molecular weight is 375 g/mol. The largest absolute Gasteiger partial charge is 0.493 e. The zero-order valence-electron chi connectivity index (χ0n) is 17.8. The highest BCUT2D eigenvalue weighted by Crippen LogP contribution is 2.14. The Morgan fingerprint density at radius 2 is 1.81 bits per heavy atom. The molecule has 2 rings (SSSR count). The Labute approximate surface area is 165 Å². The molecule has 27 heavy (non-hydrogen) atoms. The van der Waals surface area contributed by atoms with E-state index in [1.165, 1.54) is 18.4 Å². The first kappa shape index (κ1) is 21.5. The summed E-state index contributed by atoms with van der Waals surface area (Å²) < 4.78 is 5.74. The van der Waals surface area contributed by atoms with E-state index in [9.17, 15) is 0 Å². The molecule has 0 spiro atoms. The third kappa shape index (κ3) is 7.79. The second kappa shape index (κ2) is 11.2. The van der Waals surface area contributed by atoms with Crippen molar-refractivity contribution in [2.45, 2.75) is 59.0 Å². The minimum Gasteiger partial charge on any atom is -0.493 e. The maximum Gasteiger partial charge on any atom is 0.191 e. The highest BCUT2D eigenvalue weighted by Gasteiger charge is 2.21. The van der Waals surface area contributed by atoms with Gasteiger partial charge in [-0.1, -0.05) is 26.0 Å². The van der Waals surface area contributed by atoms with Gasteiger partial charge in [0.1, 0.15) is 5.75 Å². The van der Waals surface area contributed by atoms with Crippen molar-refractivity contribution in [1.29, 1.82) is 0 Å². The summed E-state index contributed by atoms with van der Waals surface area (Å²) in [6, 6.07) is 9.58. The summed E-state index contributed by atoms with van der Waals surface area (Å²) in [5.41, 5.74) is 1.31. The van der Waals surface area contributed by atoms with Crippen LogP contribution in [0.1, 0.15) is 46.1 Å². The van der Waals surface area contributed by atoms with E-state index in [-0.39, 0.29) is 0 Å². The van der Waals surface area contributed by atoms with Gasteiger partial charge in [0.2, 0.25) is 0 Å². The highest BCUT2D eigenvalue weighted by atomic mass is 16.5. The predicted octanol–water partition coefficient (Wildman–Crippen LogP) is 3.30. The lowest BCUT2D eigenvalue weighted by Gasteiger charge is -2.35. The van der Waals surface area contributed by atoms with E-state index in [4.69, 9.17) is 4.74 Å². The number of ether oxygens (including phenoxy) is 1. The average Bonchev–Trinajstić information content (AvgIpc) is 2.67. The molecule has 5 heteroatoms. The smallest absolute Gasteiger partial charge is 0.191 e. The van der Waals surface area contributed by atoms with Gasteiger partial charge in [0, 0.05) is 38.8 Å². The highest BCUT2D eigenvalue weighted by molar-refractivity contribution is 5.79. The van der Waals surface area contributed by atoms with E-state index >= 15 is 0 Å². The predicted molar refractivity (Wildman–Crippen MR) is 115 cm³/mol. The van der Waals surface area contributed by atoms with Crippen LogP contribution in [0.15, 0.2) is 29.3 Å². The van der Waals surface area contributed by atoms with E-state index in [0.29, 0.717) is 18.0 Å². The molecule has 2 N–H and O–H groups in total. The maximum absolute atomic E-state index is 5.74. The molecule has 0 amide bonds. The van der Waals surface area contributed by atoms with E-state index in [2.05, 4.69) is 72.5 Å². The molecule has 0 radical (unpaired) electrons. The summed E-state index contributed by atoms with van der Waals surface area (Å²) in [7, 11) is 1.85. The van der Waals surface area contributed by atoms with Gasteiger partial charge < -0.3 is 20.3 Å². The van der Waals surface area contributed by atoms with Crippen LogP contribution in [0.5, 0.6) is 5.75 Å². The van der Waals surface area contributed by atoms with Crippen LogP contribution in [0.25, 0.3) is 0 Å². The molecule has 5 nitrogen and oxygen atoms in total. The number of aliphatic imine (C=N–C) groups is 1. The number of rotatable bonds is 8. The lowest BCUT2D eigenvalue weighted by atomic mass is 10.0. The molecule has 0 aromatic heterocycles. The molecule has 152 valence electrons. The number of likely N-dealkylation sites (tertiary alicyclic amines) is 1. The van der Waals surface area contributed by atoms with E-state index in [1.807, 2.05) is 7.05 Å². The van der Waals surface area contributed by atoms with Crippen LogP contribution < -0.4 is 15.4 Å². The van der Waals surface area contributed by atoms with Gasteiger partial charge in [-0.05, 0) is 56.7 Å². The summed E-state index contributed by atoms with van der Waals surface area (Å²) in [6.45, 7) is 12.8. The van der Waals surface area contributed by atoms with Crippen LogP contribution in [-0.4, -0.2) is 56.2 Å². The topological polar surface area (TPSA) is 48.9 Å². The number of nitrogens with zero attached hydrogens (tertiary/aromatic N) is 2.